The third-order valence-corrected chi connectivity index (χ3v) is 2.74. The van der Waals surface area contributed by atoms with E-state index in [9.17, 15) is 18.0 Å². The summed E-state index contributed by atoms with van der Waals surface area (Å²) in [6.07, 6.45) is -4.45. The van der Waals surface area contributed by atoms with Gasteiger partial charge in [0.2, 0.25) is 0 Å². The number of rotatable bonds is 2. The van der Waals surface area contributed by atoms with Crippen molar-refractivity contribution in [3.8, 4) is 0 Å². The van der Waals surface area contributed by atoms with Crippen molar-refractivity contribution < 1.29 is 18.0 Å². The van der Waals surface area contributed by atoms with Gasteiger partial charge in [-0.3, -0.25) is 4.79 Å². The lowest BCUT2D eigenvalue weighted by molar-refractivity contribution is -0.137. The maximum Gasteiger partial charge on any atom is 0.416 e. The molecule has 1 aromatic carbocycles. The van der Waals surface area contributed by atoms with Crippen LogP contribution in [0, 0.1) is 0 Å². The Kier molecular flexibility index (Phi) is 4.17. The molecular formula is C10H7Br2F3O. The summed E-state index contributed by atoms with van der Waals surface area (Å²) < 4.78 is 37.6. The molecule has 0 fully saturated rings. The van der Waals surface area contributed by atoms with Crippen LogP contribution < -0.4 is 0 Å². The van der Waals surface area contributed by atoms with Crippen LogP contribution in [-0.4, -0.2) is 10.6 Å². The lowest BCUT2D eigenvalue weighted by Gasteiger charge is -2.10. The van der Waals surface area contributed by atoms with Gasteiger partial charge in [-0.2, -0.15) is 13.2 Å². The van der Waals surface area contributed by atoms with Crippen LogP contribution in [0.2, 0.25) is 0 Å². The van der Waals surface area contributed by atoms with E-state index >= 15 is 0 Å². The summed E-state index contributed by atoms with van der Waals surface area (Å²) in [5.74, 6) is -0.383. The molecule has 0 amide bonds. The smallest absolute Gasteiger partial charge is 0.293 e. The van der Waals surface area contributed by atoms with E-state index in [0.29, 0.717) is 0 Å². The van der Waals surface area contributed by atoms with Gasteiger partial charge in [-0.15, -0.1) is 0 Å². The van der Waals surface area contributed by atoms with E-state index in [1.54, 1.807) is 6.92 Å². The Morgan fingerprint density at radius 2 is 1.88 bits per heavy atom. The number of Topliss-reactive ketones (excluding diaryl/α,β-unsaturated/α-hetero) is 1. The SMILES string of the molecule is CC(Br)C(=O)c1cc(Br)cc(C(F)(F)F)c1. The number of ketones is 1. The van der Waals surface area contributed by atoms with Gasteiger partial charge in [-0.1, -0.05) is 31.9 Å². The molecule has 0 heterocycles. The average molecular weight is 360 g/mol. The van der Waals surface area contributed by atoms with Crippen molar-refractivity contribution in [2.75, 3.05) is 0 Å². The van der Waals surface area contributed by atoms with E-state index in [0.717, 1.165) is 12.1 Å². The van der Waals surface area contributed by atoms with Crippen molar-refractivity contribution in [3.63, 3.8) is 0 Å². The van der Waals surface area contributed by atoms with E-state index < -0.39 is 16.6 Å². The molecule has 1 atom stereocenters. The lowest BCUT2D eigenvalue weighted by Crippen LogP contribution is -2.12. The van der Waals surface area contributed by atoms with E-state index in [1.807, 2.05) is 0 Å². The number of halogens is 5. The summed E-state index contributed by atoms with van der Waals surface area (Å²) in [5, 5.41) is 0. The minimum Gasteiger partial charge on any atom is -0.293 e. The largest absolute Gasteiger partial charge is 0.416 e. The third kappa shape index (κ3) is 3.31. The molecule has 0 saturated carbocycles. The summed E-state index contributed by atoms with van der Waals surface area (Å²) in [6.45, 7) is 1.57. The molecule has 6 heteroatoms. The molecule has 88 valence electrons. The second-order valence-corrected chi connectivity index (χ2v) is 5.50. The van der Waals surface area contributed by atoms with E-state index in [-0.39, 0.29) is 15.8 Å². The van der Waals surface area contributed by atoms with Gasteiger partial charge in [0.15, 0.2) is 5.78 Å². The van der Waals surface area contributed by atoms with Gasteiger partial charge in [0.25, 0.3) is 0 Å². The van der Waals surface area contributed by atoms with E-state index in [1.165, 1.54) is 6.07 Å². The van der Waals surface area contributed by atoms with Crippen LogP contribution in [0.4, 0.5) is 13.2 Å². The van der Waals surface area contributed by atoms with Crippen molar-refractivity contribution >= 4 is 37.6 Å². The van der Waals surface area contributed by atoms with Crippen molar-refractivity contribution in [1.82, 2.24) is 0 Å². The number of carbonyl (C=O) groups is 1. The highest BCUT2D eigenvalue weighted by atomic mass is 79.9. The molecule has 0 aliphatic carbocycles. The first-order valence-corrected chi connectivity index (χ1v) is 5.99. The average Bonchev–Trinajstić information content (AvgIpc) is 2.14. The van der Waals surface area contributed by atoms with Crippen LogP contribution >= 0.6 is 31.9 Å². The molecular weight excluding hydrogens is 353 g/mol. The zero-order valence-electron chi connectivity index (χ0n) is 8.11. The fourth-order valence-corrected chi connectivity index (χ4v) is 1.88. The molecule has 16 heavy (non-hydrogen) atoms. The second-order valence-electron chi connectivity index (χ2n) is 3.21. The Labute approximate surface area is 107 Å². The van der Waals surface area contributed by atoms with Crippen molar-refractivity contribution in [2.24, 2.45) is 0 Å². The monoisotopic (exact) mass is 358 g/mol. The molecule has 1 unspecified atom stereocenters. The number of carbonyl (C=O) groups excluding carboxylic acids is 1. The summed E-state index contributed by atoms with van der Waals surface area (Å²) >= 11 is 5.99. The maximum atomic E-state index is 12.5. The van der Waals surface area contributed by atoms with Crippen LogP contribution in [0.25, 0.3) is 0 Å². The van der Waals surface area contributed by atoms with Crippen LogP contribution in [0.15, 0.2) is 22.7 Å². The zero-order chi connectivity index (χ0) is 12.5. The summed E-state index contributed by atoms with van der Waals surface area (Å²) in [6, 6.07) is 3.16. The Balaban J connectivity index is 3.24. The minimum atomic E-state index is -4.45. The van der Waals surface area contributed by atoms with Gasteiger partial charge in [0, 0.05) is 10.0 Å². The molecule has 1 nitrogen and oxygen atoms in total. The number of benzene rings is 1. The summed E-state index contributed by atoms with van der Waals surface area (Å²) in [7, 11) is 0. The normalized spacial score (nSPS) is 13.6. The number of hydrogen-bond donors (Lipinski definition) is 0. The van der Waals surface area contributed by atoms with Gasteiger partial charge in [-0.25, -0.2) is 0 Å². The van der Waals surface area contributed by atoms with Crippen LogP contribution in [0.5, 0.6) is 0 Å². The first kappa shape index (κ1) is 13.7. The van der Waals surface area contributed by atoms with E-state index in [2.05, 4.69) is 31.9 Å². The highest BCUT2D eigenvalue weighted by molar-refractivity contribution is 9.10. The molecule has 0 spiro atoms. The molecule has 0 radical (unpaired) electrons. The van der Waals surface area contributed by atoms with Gasteiger partial charge in [-0.05, 0) is 25.1 Å². The predicted molar refractivity (Wildman–Crippen MR) is 61.9 cm³/mol. The van der Waals surface area contributed by atoms with Crippen LogP contribution in [0.3, 0.4) is 0 Å². The molecule has 1 rings (SSSR count). The van der Waals surface area contributed by atoms with Crippen molar-refractivity contribution in [1.29, 1.82) is 0 Å². The minimum absolute atomic E-state index is 0.0334. The summed E-state index contributed by atoms with van der Waals surface area (Å²) in [4.78, 5) is 11.0. The topological polar surface area (TPSA) is 17.1 Å². The maximum absolute atomic E-state index is 12.5. The summed E-state index contributed by atoms with van der Waals surface area (Å²) in [5.41, 5.74) is -0.801. The molecule has 0 bridgehead atoms. The van der Waals surface area contributed by atoms with Gasteiger partial charge in [0.05, 0.1) is 10.4 Å². The fraction of sp³-hybridized carbons (Fsp3) is 0.300. The highest BCUT2D eigenvalue weighted by Gasteiger charge is 2.31. The Morgan fingerprint density at radius 3 is 2.31 bits per heavy atom. The highest BCUT2D eigenvalue weighted by Crippen LogP contribution is 2.32. The fourth-order valence-electron chi connectivity index (χ4n) is 1.13. The second kappa shape index (κ2) is 4.87. The lowest BCUT2D eigenvalue weighted by atomic mass is 10.1. The third-order valence-electron chi connectivity index (χ3n) is 1.87. The zero-order valence-corrected chi connectivity index (χ0v) is 11.3. The standard InChI is InChI=1S/C10H7Br2F3O/c1-5(11)9(16)6-2-7(10(13,14)15)4-8(12)3-6/h2-5H,1H3. The van der Waals surface area contributed by atoms with Crippen molar-refractivity contribution in [3.05, 3.63) is 33.8 Å². The predicted octanol–water partition coefficient (Wildman–Crippen LogP) is 4.43. The molecule has 0 saturated heterocycles. The molecule has 0 N–H and O–H groups in total. The molecule has 0 aliphatic heterocycles. The van der Waals surface area contributed by atoms with E-state index in [4.69, 9.17) is 0 Å². The molecule has 1 aromatic rings. The first-order valence-electron chi connectivity index (χ1n) is 4.28. The first-order chi connectivity index (χ1) is 7.21. The quantitative estimate of drug-likeness (QED) is 0.563. The van der Waals surface area contributed by atoms with Gasteiger partial charge < -0.3 is 0 Å². The number of alkyl halides is 4. The Hall–Kier alpha value is -0.360. The Bertz CT molecular complexity index is 413. The number of hydrogen-bond acceptors (Lipinski definition) is 1. The Morgan fingerprint density at radius 1 is 1.31 bits per heavy atom. The van der Waals surface area contributed by atoms with Gasteiger partial charge >= 0.3 is 6.18 Å². The van der Waals surface area contributed by atoms with Gasteiger partial charge in [0.1, 0.15) is 0 Å². The molecule has 0 aromatic heterocycles. The van der Waals surface area contributed by atoms with Crippen LogP contribution in [-0.2, 0) is 6.18 Å². The van der Waals surface area contributed by atoms with Crippen LogP contribution in [0.1, 0.15) is 22.8 Å². The molecule has 0 aliphatic rings. The van der Waals surface area contributed by atoms with Crippen molar-refractivity contribution in [2.45, 2.75) is 17.9 Å².